The number of allylic oxidation sites excluding steroid dienone is 3. The molecule has 1 aromatic heterocycles. The van der Waals surface area contributed by atoms with Crippen LogP contribution < -0.4 is 5.32 Å². The number of nitrogens with zero attached hydrogens (tertiary/aromatic N) is 1. The average molecular weight is 489 g/mol. The first-order chi connectivity index (χ1) is 17.0. The topological polar surface area (TPSA) is 60.3 Å². The van der Waals surface area contributed by atoms with Gasteiger partial charge in [0.05, 0.1) is 5.57 Å². The molecular formula is C29H32N2O3S. The van der Waals surface area contributed by atoms with Crippen LogP contribution in [0.5, 0.6) is 0 Å². The molecule has 2 aliphatic rings. The molecule has 3 aromatic rings. The van der Waals surface area contributed by atoms with Crippen LogP contribution in [-0.2, 0) is 20.9 Å². The third-order valence-electron chi connectivity index (χ3n) is 7.11. The number of rotatable bonds is 7. The predicted molar refractivity (Wildman–Crippen MR) is 144 cm³/mol. The van der Waals surface area contributed by atoms with Gasteiger partial charge < -0.3 is 14.6 Å². The van der Waals surface area contributed by atoms with E-state index >= 15 is 0 Å². The highest BCUT2D eigenvalue weighted by atomic mass is 32.2. The Labute approximate surface area is 210 Å². The van der Waals surface area contributed by atoms with Gasteiger partial charge in [-0.3, -0.25) is 4.79 Å². The number of hydrogen-bond donors (Lipinski definition) is 1. The minimum atomic E-state index is -0.418. The molecule has 0 unspecified atom stereocenters. The summed E-state index contributed by atoms with van der Waals surface area (Å²) in [6, 6.07) is 14.8. The van der Waals surface area contributed by atoms with Crippen molar-refractivity contribution in [1.82, 2.24) is 9.88 Å². The molecule has 2 aromatic carbocycles. The van der Waals surface area contributed by atoms with E-state index in [2.05, 4.69) is 66.2 Å². The Morgan fingerprint density at radius 1 is 1.11 bits per heavy atom. The third kappa shape index (κ3) is 4.18. The van der Waals surface area contributed by atoms with E-state index in [-0.39, 0.29) is 11.8 Å². The lowest BCUT2D eigenvalue weighted by atomic mass is 9.75. The van der Waals surface area contributed by atoms with Crippen LogP contribution in [0.4, 0.5) is 0 Å². The number of aromatic nitrogens is 1. The molecule has 5 nitrogen and oxygen atoms in total. The predicted octanol–water partition coefficient (Wildman–Crippen LogP) is 6.08. The van der Waals surface area contributed by atoms with Gasteiger partial charge in [0.2, 0.25) is 0 Å². The summed E-state index contributed by atoms with van der Waals surface area (Å²) < 4.78 is 8.02. The summed E-state index contributed by atoms with van der Waals surface area (Å²) in [4.78, 5) is 26.6. The zero-order valence-corrected chi connectivity index (χ0v) is 21.5. The van der Waals surface area contributed by atoms with Crippen LogP contribution in [-0.4, -0.2) is 34.4 Å². The molecular weight excluding hydrogens is 456 g/mol. The first kappa shape index (κ1) is 23.7. The minimum Gasteiger partial charge on any atom is -0.461 e. The van der Waals surface area contributed by atoms with E-state index in [1.807, 2.05) is 6.92 Å². The van der Waals surface area contributed by atoms with Crippen molar-refractivity contribution in [2.45, 2.75) is 52.5 Å². The Morgan fingerprint density at radius 3 is 2.71 bits per heavy atom. The Balaban J connectivity index is 1.65. The summed E-state index contributed by atoms with van der Waals surface area (Å²) in [6.45, 7) is 7.41. The number of ketones is 1. The van der Waals surface area contributed by atoms with E-state index in [1.165, 1.54) is 10.9 Å². The standard InChI is InChI=1S/C29H32N2O3S/c1-4-31-23-11-7-6-9-20(23)21-17-19(13-14-24(21)31)27-26(29(33)34-15-16-35-5-2)18(3)30-22-10-8-12-25(32)28(22)27/h6-7,9,11,13-14,17,27,30H,4-5,8,10,12,15-16H2,1-3H3/t27-/m0/s1. The van der Waals surface area contributed by atoms with Crippen LogP contribution in [0, 0.1) is 0 Å². The molecule has 5 rings (SSSR count). The van der Waals surface area contributed by atoms with Gasteiger partial charge in [0.25, 0.3) is 0 Å². The molecule has 6 heteroatoms. The number of fused-ring (bicyclic) bond motifs is 3. The summed E-state index contributed by atoms with van der Waals surface area (Å²) in [5, 5.41) is 5.72. The number of para-hydroxylation sites is 1. The Morgan fingerprint density at radius 2 is 1.91 bits per heavy atom. The number of esters is 1. The van der Waals surface area contributed by atoms with Gasteiger partial charge >= 0.3 is 5.97 Å². The van der Waals surface area contributed by atoms with E-state index in [4.69, 9.17) is 4.74 Å². The van der Waals surface area contributed by atoms with E-state index in [9.17, 15) is 9.59 Å². The van der Waals surface area contributed by atoms with Gasteiger partial charge in [0.1, 0.15) is 6.61 Å². The second kappa shape index (κ2) is 9.94. The van der Waals surface area contributed by atoms with E-state index in [1.54, 1.807) is 11.8 Å². The highest BCUT2D eigenvalue weighted by Crippen LogP contribution is 2.44. The second-order valence-electron chi connectivity index (χ2n) is 9.14. The molecule has 2 heterocycles. The lowest BCUT2D eigenvalue weighted by molar-refractivity contribution is -0.138. The Kier molecular flexibility index (Phi) is 6.74. The average Bonchev–Trinajstić information content (AvgIpc) is 3.18. The van der Waals surface area contributed by atoms with Gasteiger partial charge in [0, 0.05) is 63.4 Å². The summed E-state index contributed by atoms with van der Waals surface area (Å²) in [5.41, 5.74) is 6.35. The number of benzene rings is 2. The third-order valence-corrected chi connectivity index (χ3v) is 7.97. The van der Waals surface area contributed by atoms with Crippen LogP contribution in [0.25, 0.3) is 21.8 Å². The molecule has 0 spiro atoms. The van der Waals surface area contributed by atoms with Crippen LogP contribution in [0.3, 0.4) is 0 Å². The number of ether oxygens (including phenoxy) is 1. The highest BCUT2D eigenvalue weighted by Gasteiger charge is 2.39. The summed E-state index contributed by atoms with van der Waals surface area (Å²) >= 11 is 1.75. The van der Waals surface area contributed by atoms with Crippen molar-refractivity contribution in [3.05, 3.63) is 70.6 Å². The van der Waals surface area contributed by atoms with Crippen molar-refractivity contribution in [3.63, 3.8) is 0 Å². The molecule has 1 aliphatic carbocycles. The van der Waals surface area contributed by atoms with Crippen molar-refractivity contribution in [3.8, 4) is 0 Å². The van der Waals surface area contributed by atoms with Crippen LogP contribution in [0.2, 0.25) is 0 Å². The van der Waals surface area contributed by atoms with E-state index < -0.39 is 5.92 Å². The number of dihydropyridines is 1. The van der Waals surface area contributed by atoms with Gasteiger partial charge in [-0.25, -0.2) is 4.79 Å². The van der Waals surface area contributed by atoms with Gasteiger partial charge in [-0.05, 0) is 56.2 Å². The summed E-state index contributed by atoms with van der Waals surface area (Å²) in [6.07, 6.45) is 2.17. The Hall–Kier alpha value is -2.99. The zero-order valence-electron chi connectivity index (χ0n) is 20.6. The first-order valence-electron chi connectivity index (χ1n) is 12.5. The van der Waals surface area contributed by atoms with Gasteiger partial charge in [-0.2, -0.15) is 11.8 Å². The maximum atomic E-state index is 13.4. The molecule has 0 saturated carbocycles. The minimum absolute atomic E-state index is 0.124. The van der Waals surface area contributed by atoms with E-state index in [0.717, 1.165) is 64.3 Å². The normalized spacial score (nSPS) is 18.3. The fraction of sp³-hybridized carbons (Fsp3) is 0.379. The zero-order chi connectivity index (χ0) is 24.5. The fourth-order valence-electron chi connectivity index (χ4n) is 5.59. The van der Waals surface area contributed by atoms with Crippen molar-refractivity contribution in [1.29, 1.82) is 0 Å². The SMILES string of the molecule is CCSCCOC(=O)C1=C(C)NC2=C(C(=O)CCC2)[C@H]1c1ccc2c(c1)c1ccccc1n2CC. The number of nitrogens with one attached hydrogen (secondary N) is 1. The summed E-state index contributed by atoms with van der Waals surface area (Å²) in [7, 11) is 0. The van der Waals surface area contributed by atoms with Crippen molar-refractivity contribution < 1.29 is 14.3 Å². The van der Waals surface area contributed by atoms with E-state index in [0.29, 0.717) is 18.6 Å². The van der Waals surface area contributed by atoms with Gasteiger partial charge in [-0.1, -0.05) is 31.2 Å². The number of thioether (sulfide) groups is 1. The number of carbonyl (C=O) groups is 2. The molecule has 0 amide bonds. The van der Waals surface area contributed by atoms with Gasteiger partial charge in [0.15, 0.2) is 5.78 Å². The lowest BCUT2D eigenvalue weighted by Crippen LogP contribution is -2.34. The largest absolute Gasteiger partial charge is 0.461 e. The van der Waals surface area contributed by atoms with Crippen LogP contribution >= 0.6 is 11.8 Å². The molecule has 1 aliphatic heterocycles. The van der Waals surface area contributed by atoms with Crippen LogP contribution in [0.15, 0.2) is 65.0 Å². The molecule has 1 atom stereocenters. The molecule has 0 saturated heterocycles. The maximum Gasteiger partial charge on any atom is 0.336 e. The Bertz CT molecular complexity index is 1380. The number of hydrogen-bond acceptors (Lipinski definition) is 5. The molecule has 1 N–H and O–H groups in total. The molecule has 182 valence electrons. The summed E-state index contributed by atoms with van der Waals surface area (Å²) in [5.74, 6) is 1.12. The second-order valence-corrected chi connectivity index (χ2v) is 10.5. The van der Waals surface area contributed by atoms with Crippen molar-refractivity contribution in [2.24, 2.45) is 0 Å². The number of Topliss-reactive ketones (excluding diaryl/α,β-unsaturated/α-hetero) is 1. The van der Waals surface area contributed by atoms with Crippen molar-refractivity contribution in [2.75, 3.05) is 18.1 Å². The molecule has 0 radical (unpaired) electrons. The number of carbonyl (C=O) groups excluding carboxylic acids is 2. The smallest absolute Gasteiger partial charge is 0.336 e. The molecule has 0 bridgehead atoms. The quantitative estimate of drug-likeness (QED) is 0.323. The first-order valence-corrected chi connectivity index (χ1v) is 13.7. The van der Waals surface area contributed by atoms with Crippen LogP contribution in [0.1, 0.15) is 51.5 Å². The molecule has 0 fully saturated rings. The monoisotopic (exact) mass is 488 g/mol. The fourth-order valence-corrected chi connectivity index (χ4v) is 6.08. The van der Waals surface area contributed by atoms with Gasteiger partial charge in [-0.15, -0.1) is 0 Å². The lowest BCUT2D eigenvalue weighted by Gasteiger charge is -2.34. The molecule has 35 heavy (non-hydrogen) atoms. The van der Waals surface area contributed by atoms with Crippen molar-refractivity contribution >= 4 is 45.3 Å². The number of aryl methyl sites for hydroxylation is 1. The maximum absolute atomic E-state index is 13.4. The highest BCUT2D eigenvalue weighted by molar-refractivity contribution is 7.99.